The van der Waals surface area contributed by atoms with Crippen molar-refractivity contribution in [3.05, 3.63) is 58.2 Å². The Hall–Kier alpha value is -1.94. The Morgan fingerprint density at radius 3 is 2.75 bits per heavy atom. The quantitative estimate of drug-likeness (QED) is 0.689. The molecule has 4 fully saturated rings. The summed E-state index contributed by atoms with van der Waals surface area (Å²) in [6.45, 7) is 4.73. The number of hydrogen-bond donors (Lipinski definition) is 0. The minimum absolute atomic E-state index is 0.0129. The third kappa shape index (κ3) is 1.85. The van der Waals surface area contributed by atoms with Crippen LogP contribution < -0.4 is 5.63 Å². The Bertz CT molecular complexity index is 982. The van der Waals surface area contributed by atoms with E-state index in [0.717, 1.165) is 37.7 Å². The minimum atomic E-state index is -0.287. The molecule has 0 radical (unpaired) electrons. The fourth-order valence-electron chi connectivity index (χ4n) is 7.70. The van der Waals surface area contributed by atoms with Gasteiger partial charge in [0.15, 0.2) is 5.78 Å². The normalized spacial score (nSPS) is 48.2. The average molecular weight is 378 g/mol. The lowest BCUT2D eigenvalue weighted by Gasteiger charge is -2.57. The SMILES string of the molecule is C[C@]12C=CC(=O)C=C1CC[C@@H]1C2CC[C@]2(C)C(c3ccc(=O)oc3)C[C@H]3O[C@]132. The molecule has 5 aliphatic rings. The molecule has 4 aliphatic carbocycles. The van der Waals surface area contributed by atoms with Gasteiger partial charge in [0.1, 0.15) is 5.60 Å². The predicted molar refractivity (Wildman–Crippen MR) is 104 cm³/mol. The number of rotatable bonds is 1. The van der Waals surface area contributed by atoms with E-state index >= 15 is 0 Å². The molecule has 0 N–H and O–H groups in total. The van der Waals surface area contributed by atoms with Gasteiger partial charge in [0, 0.05) is 16.9 Å². The summed E-state index contributed by atoms with van der Waals surface area (Å²) in [5, 5.41) is 0. The molecule has 28 heavy (non-hydrogen) atoms. The maximum Gasteiger partial charge on any atom is 0.335 e. The summed E-state index contributed by atoms with van der Waals surface area (Å²) in [6.07, 6.45) is 13.2. The first kappa shape index (κ1) is 17.0. The van der Waals surface area contributed by atoms with Crippen molar-refractivity contribution in [1.82, 2.24) is 0 Å². The molecular formula is C24H26O4. The van der Waals surface area contributed by atoms with Gasteiger partial charge in [-0.25, -0.2) is 4.79 Å². The molecule has 2 unspecified atom stereocenters. The van der Waals surface area contributed by atoms with Crippen LogP contribution in [0.3, 0.4) is 0 Å². The molecule has 1 saturated heterocycles. The van der Waals surface area contributed by atoms with Crippen molar-refractivity contribution in [1.29, 1.82) is 0 Å². The number of allylic oxidation sites excluding steroid dienone is 4. The van der Waals surface area contributed by atoms with Gasteiger partial charge in [-0.1, -0.05) is 25.5 Å². The van der Waals surface area contributed by atoms with Crippen molar-refractivity contribution >= 4 is 5.78 Å². The van der Waals surface area contributed by atoms with E-state index in [1.54, 1.807) is 18.4 Å². The smallest absolute Gasteiger partial charge is 0.335 e. The fraction of sp³-hybridized carbons (Fsp3) is 0.583. The van der Waals surface area contributed by atoms with Gasteiger partial charge in [0.25, 0.3) is 0 Å². The Labute approximate surface area is 164 Å². The largest absolute Gasteiger partial charge is 0.431 e. The monoisotopic (exact) mass is 378 g/mol. The van der Waals surface area contributed by atoms with Gasteiger partial charge >= 0.3 is 5.63 Å². The molecule has 1 aromatic rings. The van der Waals surface area contributed by atoms with Crippen LogP contribution in [0.4, 0.5) is 0 Å². The van der Waals surface area contributed by atoms with Crippen molar-refractivity contribution in [2.75, 3.05) is 0 Å². The van der Waals surface area contributed by atoms with Crippen LogP contribution in [0.25, 0.3) is 0 Å². The molecular weight excluding hydrogens is 352 g/mol. The first-order chi connectivity index (χ1) is 13.4. The molecule has 146 valence electrons. The van der Waals surface area contributed by atoms with E-state index in [4.69, 9.17) is 9.15 Å². The number of hydrogen-bond acceptors (Lipinski definition) is 4. The lowest BCUT2D eigenvalue weighted by atomic mass is 9.47. The third-order valence-corrected chi connectivity index (χ3v) is 9.10. The zero-order valence-electron chi connectivity index (χ0n) is 16.4. The van der Waals surface area contributed by atoms with Gasteiger partial charge in [-0.3, -0.25) is 4.79 Å². The van der Waals surface area contributed by atoms with Gasteiger partial charge in [0.2, 0.25) is 0 Å². The van der Waals surface area contributed by atoms with Crippen LogP contribution in [0.15, 0.2) is 51.4 Å². The highest BCUT2D eigenvalue weighted by Crippen LogP contribution is 2.77. The van der Waals surface area contributed by atoms with Crippen molar-refractivity contribution in [2.24, 2.45) is 22.7 Å². The van der Waals surface area contributed by atoms with Crippen LogP contribution in [-0.2, 0) is 9.53 Å². The van der Waals surface area contributed by atoms with Gasteiger partial charge in [-0.2, -0.15) is 0 Å². The molecule has 0 amide bonds. The van der Waals surface area contributed by atoms with Gasteiger partial charge in [0.05, 0.1) is 12.4 Å². The summed E-state index contributed by atoms with van der Waals surface area (Å²) in [5.41, 5.74) is 2.18. The van der Waals surface area contributed by atoms with Crippen LogP contribution in [0.5, 0.6) is 0 Å². The zero-order valence-corrected chi connectivity index (χ0v) is 16.4. The third-order valence-electron chi connectivity index (χ3n) is 9.10. The highest BCUT2D eigenvalue weighted by Gasteiger charge is 2.80. The molecule has 4 nitrogen and oxygen atoms in total. The van der Waals surface area contributed by atoms with Crippen molar-refractivity contribution < 1.29 is 13.9 Å². The van der Waals surface area contributed by atoms with E-state index in [9.17, 15) is 9.59 Å². The second-order valence-electron chi connectivity index (χ2n) is 9.97. The second-order valence-corrected chi connectivity index (χ2v) is 9.97. The maximum atomic E-state index is 11.9. The van der Waals surface area contributed by atoms with E-state index in [1.807, 2.05) is 12.1 Å². The number of ketones is 1. The van der Waals surface area contributed by atoms with Crippen LogP contribution in [0.1, 0.15) is 57.4 Å². The minimum Gasteiger partial charge on any atom is -0.431 e. The van der Waals surface area contributed by atoms with Gasteiger partial charge in [-0.05, 0) is 73.6 Å². The van der Waals surface area contributed by atoms with E-state index in [-0.39, 0.29) is 27.8 Å². The fourth-order valence-corrected chi connectivity index (χ4v) is 7.70. The maximum absolute atomic E-state index is 11.9. The lowest BCUT2D eigenvalue weighted by Crippen LogP contribution is -2.55. The summed E-state index contributed by atoms with van der Waals surface area (Å²) < 4.78 is 11.7. The Morgan fingerprint density at radius 2 is 1.96 bits per heavy atom. The Morgan fingerprint density at radius 1 is 1.11 bits per heavy atom. The molecule has 0 aromatic carbocycles. The second kappa shape index (κ2) is 5.15. The van der Waals surface area contributed by atoms with Crippen LogP contribution in [-0.4, -0.2) is 17.5 Å². The molecule has 3 saturated carbocycles. The molecule has 6 rings (SSSR count). The summed E-state index contributed by atoms with van der Waals surface area (Å²) in [5.74, 6) is 1.57. The van der Waals surface area contributed by atoms with E-state index in [2.05, 4.69) is 19.9 Å². The average Bonchev–Trinajstić information content (AvgIpc) is 3.33. The van der Waals surface area contributed by atoms with Gasteiger partial charge in [-0.15, -0.1) is 0 Å². The summed E-state index contributed by atoms with van der Waals surface area (Å²) in [4.78, 5) is 23.4. The van der Waals surface area contributed by atoms with Crippen LogP contribution >= 0.6 is 0 Å². The topological polar surface area (TPSA) is 59.8 Å². The molecule has 7 atom stereocenters. The summed E-state index contributed by atoms with van der Waals surface area (Å²) in [6, 6.07) is 3.50. The number of epoxide rings is 1. The molecule has 4 heteroatoms. The summed E-state index contributed by atoms with van der Waals surface area (Å²) >= 11 is 0. The zero-order chi connectivity index (χ0) is 19.3. The molecule has 1 aromatic heterocycles. The van der Waals surface area contributed by atoms with Crippen molar-refractivity contribution in [3.8, 4) is 0 Å². The Balaban J connectivity index is 1.40. The first-order valence-electron chi connectivity index (χ1n) is 10.6. The standard InChI is InChI=1S/C24H26O4/c1-22-9-7-16(25)11-15(22)4-5-18-17(22)8-10-23(2)19(12-20-24(18,23)28-20)14-3-6-21(26)27-13-14/h3,6-7,9,11,13,17-20H,4-5,8,10,12H2,1-2H3/t17?,18-,19?,20-,22+,23-,24-/m1/s1. The lowest BCUT2D eigenvalue weighted by molar-refractivity contribution is -0.111. The molecule has 0 bridgehead atoms. The molecule has 1 aliphatic heterocycles. The van der Waals surface area contributed by atoms with Gasteiger partial charge < -0.3 is 9.15 Å². The molecule has 2 heterocycles. The van der Waals surface area contributed by atoms with Crippen molar-refractivity contribution in [3.63, 3.8) is 0 Å². The van der Waals surface area contributed by atoms with Crippen LogP contribution in [0.2, 0.25) is 0 Å². The highest BCUT2D eigenvalue weighted by molar-refractivity contribution is 6.01. The first-order valence-corrected chi connectivity index (χ1v) is 10.6. The Kier molecular flexibility index (Phi) is 3.12. The highest BCUT2D eigenvalue weighted by atomic mass is 16.6. The summed E-state index contributed by atoms with van der Waals surface area (Å²) in [7, 11) is 0. The predicted octanol–water partition coefficient (Wildman–Crippen LogP) is 4.16. The van der Waals surface area contributed by atoms with Crippen LogP contribution in [0, 0.1) is 22.7 Å². The number of ether oxygens (including phenoxy) is 1. The number of carbonyl (C=O) groups is 1. The number of carbonyl (C=O) groups excluding carboxylic acids is 1. The van der Waals surface area contributed by atoms with E-state index in [1.165, 1.54) is 5.57 Å². The van der Waals surface area contributed by atoms with E-state index in [0.29, 0.717) is 23.9 Å². The molecule has 1 spiro atoms. The van der Waals surface area contributed by atoms with E-state index < -0.39 is 0 Å². The number of fused-ring (bicyclic) bond motifs is 3. The van der Waals surface area contributed by atoms with Crippen molar-refractivity contribution in [2.45, 2.75) is 63.6 Å².